The van der Waals surface area contributed by atoms with Gasteiger partial charge >= 0.3 is 0 Å². The summed E-state index contributed by atoms with van der Waals surface area (Å²) in [7, 11) is 0. The van der Waals surface area contributed by atoms with Crippen LogP contribution in [0.3, 0.4) is 0 Å². The summed E-state index contributed by atoms with van der Waals surface area (Å²) in [6.45, 7) is 8.94. The summed E-state index contributed by atoms with van der Waals surface area (Å²) in [6, 6.07) is 2.01. The van der Waals surface area contributed by atoms with E-state index in [0.29, 0.717) is 6.54 Å². The second kappa shape index (κ2) is 3.93. The van der Waals surface area contributed by atoms with E-state index in [0.717, 1.165) is 17.8 Å². The molecule has 12 heavy (non-hydrogen) atoms. The normalized spacial score (nSPS) is 9.75. The first-order chi connectivity index (χ1) is 5.83. The molecule has 2 N–H and O–H groups in total. The Bertz CT molecular complexity index is 284. The predicted octanol–water partition coefficient (Wildman–Crippen LogP) is 1.73. The van der Waals surface area contributed by atoms with Crippen LogP contribution in [0.1, 0.15) is 11.3 Å². The molecule has 0 fully saturated rings. The topological polar surface area (TPSA) is 30.9 Å². The van der Waals surface area contributed by atoms with Crippen molar-refractivity contribution < 1.29 is 0 Å². The van der Waals surface area contributed by atoms with E-state index in [1.807, 2.05) is 24.4 Å². The Hall–Kier alpha value is -1.28. The first kappa shape index (κ1) is 8.81. The van der Waals surface area contributed by atoms with Crippen molar-refractivity contribution in [3.05, 3.63) is 36.7 Å². The number of hydrogen-bond acceptors (Lipinski definition) is 1. The Balaban J connectivity index is 3.04. The smallest absolute Gasteiger partial charge is 0.0474 e. The quantitative estimate of drug-likeness (QED) is 0.718. The minimum atomic E-state index is 0.645. The van der Waals surface area contributed by atoms with E-state index in [9.17, 15) is 0 Å². The van der Waals surface area contributed by atoms with Crippen molar-refractivity contribution in [1.82, 2.24) is 4.57 Å². The van der Waals surface area contributed by atoms with Gasteiger partial charge in [0.15, 0.2) is 0 Å². The average molecular weight is 162 g/mol. The number of rotatable bonds is 4. The molecule has 1 heterocycles. The summed E-state index contributed by atoms with van der Waals surface area (Å²) >= 11 is 0. The molecule has 0 bridgehead atoms. The third-order valence-electron chi connectivity index (χ3n) is 1.82. The van der Waals surface area contributed by atoms with E-state index in [2.05, 4.69) is 17.7 Å². The van der Waals surface area contributed by atoms with Crippen LogP contribution in [0, 0.1) is 0 Å². The van der Waals surface area contributed by atoms with Crippen molar-refractivity contribution in [3.63, 3.8) is 0 Å². The molecule has 0 radical (unpaired) electrons. The molecule has 0 saturated carbocycles. The number of nitrogens with two attached hydrogens (primary N) is 1. The van der Waals surface area contributed by atoms with E-state index in [1.54, 1.807) is 0 Å². The highest BCUT2D eigenvalue weighted by Gasteiger charge is 2.00. The van der Waals surface area contributed by atoms with Gasteiger partial charge in [-0.25, -0.2) is 0 Å². The first-order valence-corrected chi connectivity index (χ1v) is 3.97. The van der Waals surface area contributed by atoms with Gasteiger partial charge in [-0.05, 0) is 17.7 Å². The zero-order valence-corrected chi connectivity index (χ0v) is 7.16. The molecule has 1 aromatic rings. The largest absolute Gasteiger partial charge is 0.346 e. The molecule has 0 aliphatic heterocycles. The molecule has 0 unspecified atom stereocenters. The van der Waals surface area contributed by atoms with Crippen LogP contribution in [0.2, 0.25) is 0 Å². The van der Waals surface area contributed by atoms with Crippen molar-refractivity contribution in [2.45, 2.75) is 6.54 Å². The van der Waals surface area contributed by atoms with E-state index in [4.69, 9.17) is 5.73 Å². The van der Waals surface area contributed by atoms with Crippen molar-refractivity contribution in [1.29, 1.82) is 0 Å². The van der Waals surface area contributed by atoms with E-state index in [1.165, 1.54) is 0 Å². The highest BCUT2D eigenvalue weighted by Crippen LogP contribution is 2.13. The lowest BCUT2D eigenvalue weighted by Crippen LogP contribution is -2.10. The fourth-order valence-electron chi connectivity index (χ4n) is 1.24. The molecular formula is C10H14N2. The molecule has 0 aromatic carbocycles. The van der Waals surface area contributed by atoms with Crippen LogP contribution in [-0.2, 0) is 6.54 Å². The van der Waals surface area contributed by atoms with Crippen molar-refractivity contribution in [2.24, 2.45) is 5.73 Å². The van der Waals surface area contributed by atoms with Gasteiger partial charge in [0.2, 0.25) is 0 Å². The third kappa shape index (κ3) is 1.48. The molecule has 0 aliphatic carbocycles. The van der Waals surface area contributed by atoms with Gasteiger partial charge in [0.1, 0.15) is 0 Å². The molecular weight excluding hydrogens is 148 g/mol. The first-order valence-electron chi connectivity index (χ1n) is 3.97. The number of nitrogens with zero attached hydrogens (tertiary/aromatic N) is 1. The van der Waals surface area contributed by atoms with Crippen LogP contribution in [0.4, 0.5) is 0 Å². The molecule has 0 saturated heterocycles. The van der Waals surface area contributed by atoms with Gasteiger partial charge in [-0.15, -0.1) is 0 Å². The highest BCUT2D eigenvalue weighted by molar-refractivity contribution is 5.61. The molecule has 2 nitrogen and oxygen atoms in total. The average Bonchev–Trinajstić information content (AvgIpc) is 2.47. The predicted molar refractivity (Wildman–Crippen MR) is 53.7 cm³/mol. The monoisotopic (exact) mass is 162 g/mol. The SMILES string of the molecule is C=Cc1ccn(CCN)c1C=C. The van der Waals surface area contributed by atoms with E-state index >= 15 is 0 Å². The summed E-state index contributed by atoms with van der Waals surface area (Å²) in [4.78, 5) is 0. The van der Waals surface area contributed by atoms with Crippen LogP contribution >= 0.6 is 0 Å². The lowest BCUT2D eigenvalue weighted by atomic mass is 10.2. The Morgan fingerprint density at radius 3 is 2.67 bits per heavy atom. The van der Waals surface area contributed by atoms with Crippen molar-refractivity contribution in [2.75, 3.05) is 6.54 Å². The zero-order valence-electron chi connectivity index (χ0n) is 7.16. The van der Waals surface area contributed by atoms with Gasteiger partial charge in [-0.1, -0.05) is 19.2 Å². The van der Waals surface area contributed by atoms with Crippen LogP contribution in [0.15, 0.2) is 25.4 Å². The molecule has 0 spiro atoms. The summed E-state index contributed by atoms with van der Waals surface area (Å²) in [5, 5.41) is 0. The summed E-state index contributed by atoms with van der Waals surface area (Å²) in [6.07, 6.45) is 5.65. The number of aromatic nitrogens is 1. The molecule has 0 atom stereocenters. The molecule has 64 valence electrons. The van der Waals surface area contributed by atoms with Crippen LogP contribution in [0.5, 0.6) is 0 Å². The van der Waals surface area contributed by atoms with Crippen LogP contribution in [-0.4, -0.2) is 11.1 Å². The van der Waals surface area contributed by atoms with Crippen molar-refractivity contribution >= 4 is 12.2 Å². The van der Waals surface area contributed by atoms with E-state index in [-0.39, 0.29) is 0 Å². The Labute approximate surface area is 73.0 Å². The van der Waals surface area contributed by atoms with Gasteiger partial charge in [-0.3, -0.25) is 0 Å². The maximum atomic E-state index is 5.45. The molecule has 2 heteroatoms. The van der Waals surface area contributed by atoms with Crippen LogP contribution in [0.25, 0.3) is 12.2 Å². The van der Waals surface area contributed by atoms with Crippen LogP contribution < -0.4 is 5.73 Å². The molecule has 1 aromatic heterocycles. The van der Waals surface area contributed by atoms with E-state index < -0.39 is 0 Å². The maximum Gasteiger partial charge on any atom is 0.0474 e. The minimum Gasteiger partial charge on any atom is -0.346 e. The van der Waals surface area contributed by atoms with Crippen molar-refractivity contribution in [3.8, 4) is 0 Å². The second-order valence-electron chi connectivity index (χ2n) is 2.55. The third-order valence-corrected chi connectivity index (χ3v) is 1.82. The summed E-state index contributed by atoms with van der Waals surface area (Å²) in [5.41, 5.74) is 7.66. The van der Waals surface area contributed by atoms with Gasteiger partial charge in [-0.2, -0.15) is 0 Å². The number of hydrogen-bond donors (Lipinski definition) is 1. The Morgan fingerprint density at radius 1 is 1.42 bits per heavy atom. The lowest BCUT2D eigenvalue weighted by Gasteiger charge is -2.03. The molecule has 0 aliphatic rings. The highest BCUT2D eigenvalue weighted by atomic mass is 15.0. The fourth-order valence-corrected chi connectivity index (χ4v) is 1.24. The standard InChI is InChI=1S/C10H14N2/c1-3-9-5-7-12(8-6-11)10(9)4-2/h3-5,7H,1-2,6,8,11H2. The maximum absolute atomic E-state index is 5.45. The Morgan fingerprint density at radius 2 is 2.17 bits per heavy atom. The zero-order chi connectivity index (χ0) is 8.97. The minimum absolute atomic E-state index is 0.645. The summed E-state index contributed by atoms with van der Waals surface area (Å²) in [5.74, 6) is 0. The van der Waals surface area contributed by atoms with Gasteiger partial charge in [0, 0.05) is 25.0 Å². The molecule has 1 rings (SSSR count). The van der Waals surface area contributed by atoms with Gasteiger partial charge in [0.25, 0.3) is 0 Å². The molecule has 0 amide bonds. The Kier molecular flexibility index (Phi) is 2.88. The lowest BCUT2D eigenvalue weighted by molar-refractivity contribution is 0.707. The van der Waals surface area contributed by atoms with Gasteiger partial charge in [0.05, 0.1) is 0 Å². The van der Waals surface area contributed by atoms with Gasteiger partial charge < -0.3 is 10.3 Å². The summed E-state index contributed by atoms with van der Waals surface area (Å²) < 4.78 is 2.07. The second-order valence-corrected chi connectivity index (χ2v) is 2.55. The fraction of sp³-hybridized carbons (Fsp3) is 0.200.